The van der Waals surface area contributed by atoms with Crippen molar-refractivity contribution in [3.63, 3.8) is 0 Å². The van der Waals surface area contributed by atoms with Crippen molar-refractivity contribution in [3.8, 4) is 5.75 Å². The molecule has 0 atom stereocenters. The highest BCUT2D eigenvalue weighted by Crippen LogP contribution is 2.25. The third-order valence-electron chi connectivity index (χ3n) is 2.77. The second kappa shape index (κ2) is 5.31. The van der Waals surface area contributed by atoms with Crippen LogP contribution < -0.4 is 4.74 Å². The molecule has 0 aliphatic rings. The molecule has 2 aromatic carbocycles. The zero-order chi connectivity index (χ0) is 13.9. The van der Waals surface area contributed by atoms with E-state index in [1.54, 1.807) is 0 Å². The van der Waals surface area contributed by atoms with E-state index >= 15 is 0 Å². The third-order valence-corrected chi connectivity index (χ3v) is 2.77. The maximum absolute atomic E-state index is 11.6. The van der Waals surface area contributed by atoms with Gasteiger partial charge in [0, 0.05) is 5.39 Å². The molecule has 0 unspecified atom stereocenters. The normalized spacial score (nSPS) is 11.3. The lowest BCUT2D eigenvalue weighted by Crippen LogP contribution is -2.24. The summed E-state index contributed by atoms with van der Waals surface area (Å²) < 4.78 is 10.6. The Morgan fingerprint density at radius 3 is 2.47 bits per heavy atom. The van der Waals surface area contributed by atoms with Crippen LogP contribution in [0.15, 0.2) is 42.5 Å². The van der Waals surface area contributed by atoms with E-state index in [4.69, 9.17) is 9.47 Å². The summed E-state index contributed by atoms with van der Waals surface area (Å²) in [5.41, 5.74) is -0.512. The van der Waals surface area contributed by atoms with Crippen LogP contribution in [0.25, 0.3) is 10.8 Å². The minimum atomic E-state index is -0.512. The van der Waals surface area contributed by atoms with Gasteiger partial charge < -0.3 is 9.47 Å². The lowest BCUT2D eigenvalue weighted by atomic mass is 9.98. The highest BCUT2D eigenvalue weighted by Gasteiger charge is 2.23. The Hall–Kier alpha value is -2.03. The summed E-state index contributed by atoms with van der Waals surface area (Å²) in [4.78, 5) is 11.6. The van der Waals surface area contributed by atoms with Crippen molar-refractivity contribution >= 4 is 16.7 Å². The average Bonchev–Trinajstić information content (AvgIpc) is 2.38. The highest BCUT2D eigenvalue weighted by molar-refractivity contribution is 5.88. The van der Waals surface area contributed by atoms with Crippen molar-refractivity contribution in [1.29, 1.82) is 0 Å². The maximum Gasteiger partial charge on any atom is 0.314 e. The van der Waals surface area contributed by atoms with Crippen molar-refractivity contribution < 1.29 is 14.3 Å². The van der Waals surface area contributed by atoms with E-state index < -0.39 is 5.41 Å². The number of esters is 1. The van der Waals surface area contributed by atoms with E-state index in [0.717, 1.165) is 16.5 Å². The SMILES string of the molecule is CC(C)(C)C(=O)OCOc1cccc2ccccc12. The van der Waals surface area contributed by atoms with E-state index in [2.05, 4.69) is 0 Å². The molecule has 3 nitrogen and oxygen atoms in total. The highest BCUT2D eigenvalue weighted by atomic mass is 16.7. The van der Waals surface area contributed by atoms with Crippen LogP contribution in [0.5, 0.6) is 5.75 Å². The van der Waals surface area contributed by atoms with Gasteiger partial charge in [-0.05, 0) is 32.2 Å². The fourth-order valence-electron chi connectivity index (χ4n) is 1.68. The van der Waals surface area contributed by atoms with Gasteiger partial charge in [-0.15, -0.1) is 0 Å². The summed E-state index contributed by atoms with van der Waals surface area (Å²) in [5, 5.41) is 2.11. The molecule has 0 saturated heterocycles. The Morgan fingerprint density at radius 2 is 1.74 bits per heavy atom. The van der Waals surface area contributed by atoms with Gasteiger partial charge in [-0.25, -0.2) is 0 Å². The Morgan fingerprint density at radius 1 is 1.05 bits per heavy atom. The molecule has 0 spiro atoms. The molecule has 0 heterocycles. The molecule has 0 saturated carbocycles. The number of ether oxygens (including phenoxy) is 2. The van der Waals surface area contributed by atoms with Crippen molar-refractivity contribution in [3.05, 3.63) is 42.5 Å². The summed E-state index contributed by atoms with van der Waals surface area (Å²) >= 11 is 0. The fourth-order valence-corrected chi connectivity index (χ4v) is 1.68. The first-order valence-corrected chi connectivity index (χ1v) is 6.26. The first kappa shape index (κ1) is 13.4. The Balaban J connectivity index is 2.05. The van der Waals surface area contributed by atoms with E-state index in [0.29, 0.717) is 0 Å². The second-order valence-corrected chi connectivity index (χ2v) is 5.42. The number of carbonyl (C=O) groups is 1. The lowest BCUT2D eigenvalue weighted by Gasteiger charge is -2.17. The summed E-state index contributed by atoms with van der Waals surface area (Å²) in [7, 11) is 0. The van der Waals surface area contributed by atoms with Gasteiger partial charge in [0.1, 0.15) is 5.75 Å². The average molecular weight is 258 g/mol. The molecular formula is C16H18O3. The van der Waals surface area contributed by atoms with E-state index in [-0.39, 0.29) is 12.8 Å². The number of benzene rings is 2. The van der Waals surface area contributed by atoms with Gasteiger partial charge in [0.05, 0.1) is 5.41 Å². The largest absolute Gasteiger partial charge is 0.457 e. The predicted molar refractivity (Wildman–Crippen MR) is 75.0 cm³/mol. The third kappa shape index (κ3) is 3.25. The van der Waals surface area contributed by atoms with Gasteiger partial charge in [-0.2, -0.15) is 0 Å². The van der Waals surface area contributed by atoms with Gasteiger partial charge in [0.2, 0.25) is 6.79 Å². The predicted octanol–water partition coefficient (Wildman–Crippen LogP) is 3.77. The molecule has 0 aliphatic carbocycles. The van der Waals surface area contributed by atoms with Crippen molar-refractivity contribution in [2.24, 2.45) is 5.41 Å². The van der Waals surface area contributed by atoms with Crippen LogP contribution in [0, 0.1) is 5.41 Å². The summed E-state index contributed by atoms with van der Waals surface area (Å²) in [5.74, 6) is 0.451. The standard InChI is InChI=1S/C16H18O3/c1-16(2,3)15(17)19-11-18-14-10-6-8-12-7-4-5-9-13(12)14/h4-10H,11H2,1-3H3. The number of carbonyl (C=O) groups excluding carboxylic acids is 1. The Bertz CT molecular complexity index is 577. The molecule has 2 aromatic rings. The smallest absolute Gasteiger partial charge is 0.314 e. The Kier molecular flexibility index (Phi) is 3.74. The molecule has 0 aromatic heterocycles. The number of hydrogen-bond donors (Lipinski definition) is 0. The summed E-state index contributed by atoms with van der Waals surface area (Å²) in [6.45, 7) is 5.37. The monoisotopic (exact) mass is 258 g/mol. The van der Waals surface area contributed by atoms with Crippen molar-refractivity contribution in [2.75, 3.05) is 6.79 Å². The minimum Gasteiger partial charge on any atom is -0.457 e. The van der Waals surface area contributed by atoms with Gasteiger partial charge in [0.25, 0.3) is 0 Å². The molecule has 0 amide bonds. The number of rotatable bonds is 3. The topological polar surface area (TPSA) is 35.5 Å². The fraction of sp³-hybridized carbons (Fsp3) is 0.312. The van der Waals surface area contributed by atoms with Gasteiger partial charge >= 0.3 is 5.97 Å². The molecular weight excluding hydrogens is 240 g/mol. The molecule has 0 aliphatic heterocycles. The minimum absolute atomic E-state index is 0.0654. The zero-order valence-corrected chi connectivity index (χ0v) is 11.5. The number of hydrogen-bond acceptors (Lipinski definition) is 3. The van der Waals surface area contributed by atoms with Crippen LogP contribution in [-0.2, 0) is 9.53 Å². The van der Waals surface area contributed by atoms with Gasteiger partial charge in [-0.1, -0.05) is 36.4 Å². The number of fused-ring (bicyclic) bond motifs is 1. The molecule has 0 bridgehead atoms. The van der Waals surface area contributed by atoms with E-state index in [1.807, 2.05) is 63.2 Å². The van der Waals surface area contributed by atoms with Crippen LogP contribution in [0.3, 0.4) is 0 Å². The first-order chi connectivity index (χ1) is 8.98. The van der Waals surface area contributed by atoms with Crippen LogP contribution in [0.1, 0.15) is 20.8 Å². The van der Waals surface area contributed by atoms with Gasteiger partial charge in [-0.3, -0.25) is 4.79 Å². The Labute approximate surface area is 113 Å². The molecule has 0 N–H and O–H groups in total. The molecule has 0 radical (unpaired) electrons. The van der Waals surface area contributed by atoms with Crippen LogP contribution in [0.2, 0.25) is 0 Å². The molecule has 19 heavy (non-hydrogen) atoms. The molecule has 100 valence electrons. The van der Waals surface area contributed by atoms with Gasteiger partial charge in [0.15, 0.2) is 0 Å². The van der Waals surface area contributed by atoms with E-state index in [1.165, 1.54) is 0 Å². The van der Waals surface area contributed by atoms with Crippen molar-refractivity contribution in [1.82, 2.24) is 0 Å². The van der Waals surface area contributed by atoms with Crippen LogP contribution >= 0.6 is 0 Å². The summed E-state index contributed by atoms with van der Waals surface area (Å²) in [6.07, 6.45) is 0. The zero-order valence-electron chi connectivity index (χ0n) is 11.5. The first-order valence-electron chi connectivity index (χ1n) is 6.26. The molecule has 2 rings (SSSR count). The quantitative estimate of drug-likeness (QED) is 0.621. The van der Waals surface area contributed by atoms with Crippen LogP contribution in [0.4, 0.5) is 0 Å². The second-order valence-electron chi connectivity index (χ2n) is 5.42. The maximum atomic E-state index is 11.6. The lowest BCUT2D eigenvalue weighted by molar-refractivity contribution is -0.159. The summed E-state index contributed by atoms with van der Waals surface area (Å²) in [6, 6.07) is 13.7. The van der Waals surface area contributed by atoms with E-state index in [9.17, 15) is 4.79 Å². The molecule has 3 heteroatoms. The van der Waals surface area contributed by atoms with Crippen molar-refractivity contribution in [2.45, 2.75) is 20.8 Å². The van der Waals surface area contributed by atoms with Crippen LogP contribution in [-0.4, -0.2) is 12.8 Å². The molecule has 0 fully saturated rings.